The maximum Gasteiger partial charge on any atom is 0.247 e. The van der Waals surface area contributed by atoms with E-state index in [4.69, 9.17) is 0 Å². The van der Waals surface area contributed by atoms with E-state index in [-0.39, 0.29) is 23.8 Å². The standard InChI is InChI=1S/C22H26FN7O/c1-5-18-21(31)27-19-13(2)26-22(28-20(19)29(18)4)24-10-15-11-25-30(12-15)14(3)16-6-8-17(23)9-7-16/h6-9,11-12,14,18H,5,10H2,1-4H3,(H,27,31)(H,24,26,28)/t14-,18+/m1/s1. The zero-order valence-electron chi connectivity index (χ0n) is 18.1. The van der Waals surface area contributed by atoms with Gasteiger partial charge in [-0.1, -0.05) is 19.1 Å². The number of benzene rings is 1. The molecule has 0 spiro atoms. The minimum Gasteiger partial charge on any atom is -0.350 e. The van der Waals surface area contributed by atoms with Crippen LogP contribution in [0.5, 0.6) is 0 Å². The highest BCUT2D eigenvalue weighted by atomic mass is 19.1. The zero-order chi connectivity index (χ0) is 22.1. The summed E-state index contributed by atoms with van der Waals surface area (Å²) < 4.78 is 15.0. The molecule has 31 heavy (non-hydrogen) atoms. The Morgan fingerprint density at radius 3 is 2.71 bits per heavy atom. The quantitative estimate of drug-likeness (QED) is 0.631. The van der Waals surface area contributed by atoms with Crippen LogP contribution < -0.4 is 15.5 Å². The normalized spacial score (nSPS) is 16.6. The van der Waals surface area contributed by atoms with Crippen molar-refractivity contribution in [3.05, 3.63) is 59.3 Å². The van der Waals surface area contributed by atoms with E-state index in [2.05, 4.69) is 25.7 Å². The molecule has 2 atom stereocenters. The first-order valence-corrected chi connectivity index (χ1v) is 10.3. The third-order valence-corrected chi connectivity index (χ3v) is 5.66. The van der Waals surface area contributed by atoms with E-state index in [0.717, 1.165) is 11.1 Å². The Balaban J connectivity index is 1.48. The van der Waals surface area contributed by atoms with Crippen LogP contribution in [0.15, 0.2) is 36.7 Å². The Kier molecular flexibility index (Phi) is 5.58. The number of likely N-dealkylation sites (N-methyl/N-ethyl adjacent to an activating group) is 1. The van der Waals surface area contributed by atoms with Gasteiger partial charge in [0.15, 0.2) is 5.82 Å². The van der Waals surface area contributed by atoms with Crippen molar-refractivity contribution < 1.29 is 9.18 Å². The molecular formula is C22H26FN7O. The predicted molar refractivity (Wildman–Crippen MR) is 118 cm³/mol. The van der Waals surface area contributed by atoms with Crippen molar-refractivity contribution >= 4 is 23.4 Å². The molecule has 2 aromatic heterocycles. The van der Waals surface area contributed by atoms with Crippen molar-refractivity contribution in [2.75, 3.05) is 22.6 Å². The Bertz CT molecular complexity index is 1100. The minimum absolute atomic E-state index is 0.0140. The lowest BCUT2D eigenvalue weighted by molar-refractivity contribution is -0.117. The lowest BCUT2D eigenvalue weighted by atomic mass is 10.1. The molecule has 4 rings (SSSR count). The van der Waals surface area contributed by atoms with E-state index in [1.165, 1.54) is 12.1 Å². The number of aryl methyl sites for hydroxylation is 1. The van der Waals surface area contributed by atoms with E-state index in [1.54, 1.807) is 18.3 Å². The third kappa shape index (κ3) is 4.08. The number of fused-ring (bicyclic) bond motifs is 1. The molecule has 1 amide bonds. The lowest BCUT2D eigenvalue weighted by Crippen LogP contribution is -2.46. The van der Waals surface area contributed by atoms with Gasteiger partial charge in [-0.3, -0.25) is 9.48 Å². The smallest absolute Gasteiger partial charge is 0.247 e. The molecule has 0 saturated carbocycles. The summed E-state index contributed by atoms with van der Waals surface area (Å²) in [7, 11) is 1.88. The van der Waals surface area contributed by atoms with Crippen molar-refractivity contribution in [1.82, 2.24) is 19.7 Å². The van der Waals surface area contributed by atoms with Crippen LogP contribution in [0.1, 0.15) is 43.1 Å². The molecule has 1 aliphatic heterocycles. The van der Waals surface area contributed by atoms with Crippen LogP contribution >= 0.6 is 0 Å². The van der Waals surface area contributed by atoms with Gasteiger partial charge in [0.25, 0.3) is 0 Å². The van der Waals surface area contributed by atoms with Crippen LogP contribution in [0.3, 0.4) is 0 Å². The molecule has 1 aliphatic rings. The van der Waals surface area contributed by atoms with E-state index >= 15 is 0 Å². The summed E-state index contributed by atoms with van der Waals surface area (Å²) >= 11 is 0. The molecule has 162 valence electrons. The second-order valence-corrected chi connectivity index (χ2v) is 7.77. The molecule has 0 saturated heterocycles. The number of carbonyl (C=O) groups excluding carboxylic acids is 1. The summed E-state index contributed by atoms with van der Waals surface area (Å²) in [5.41, 5.74) is 3.32. The molecule has 0 unspecified atom stereocenters. The van der Waals surface area contributed by atoms with Crippen LogP contribution in [0.4, 0.5) is 21.8 Å². The average molecular weight is 423 g/mol. The lowest BCUT2D eigenvalue weighted by Gasteiger charge is -2.34. The number of rotatable bonds is 6. The van der Waals surface area contributed by atoms with Gasteiger partial charge in [-0.2, -0.15) is 10.1 Å². The largest absolute Gasteiger partial charge is 0.350 e. The van der Waals surface area contributed by atoms with Crippen molar-refractivity contribution in [3.8, 4) is 0 Å². The van der Waals surface area contributed by atoms with Gasteiger partial charge in [-0.15, -0.1) is 0 Å². The highest BCUT2D eigenvalue weighted by molar-refractivity contribution is 6.03. The van der Waals surface area contributed by atoms with E-state index in [0.29, 0.717) is 36.1 Å². The number of aromatic nitrogens is 4. The average Bonchev–Trinajstić information content (AvgIpc) is 3.23. The fourth-order valence-electron chi connectivity index (χ4n) is 3.78. The molecule has 0 radical (unpaired) electrons. The van der Waals surface area contributed by atoms with Crippen LogP contribution in [-0.2, 0) is 11.3 Å². The van der Waals surface area contributed by atoms with Crippen molar-refractivity contribution in [3.63, 3.8) is 0 Å². The van der Waals surface area contributed by atoms with Gasteiger partial charge in [0.2, 0.25) is 11.9 Å². The highest BCUT2D eigenvalue weighted by Crippen LogP contribution is 2.33. The number of nitrogens with zero attached hydrogens (tertiary/aromatic N) is 5. The topological polar surface area (TPSA) is 88.0 Å². The number of nitrogens with one attached hydrogen (secondary N) is 2. The molecule has 3 aromatic rings. The zero-order valence-corrected chi connectivity index (χ0v) is 18.1. The van der Waals surface area contributed by atoms with Crippen molar-refractivity contribution in [2.24, 2.45) is 0 Å². The van der Waals surface area contributed by atoms with Gasteiger partial charge >= 0.3 is 0 Å². The summed E-state index contributed by atoms with van der Waals surface area (Å²) in [5, 5.41) is 10.6. The van der Waals surface area contributed by atoms with Crippen LogP contribution in [-0.4, -0.2) is 38.7 Å². The maximum atomic E-state index is 13.2. The maximum absolute atomic E-state index is 13.2. The molecule has 0 aliphatic carbocycles. The highest BCUT2D eigenvalue weighted by Gasteiger charge is 2.32. The van der Waals surface area contributed by atoms with Gasteiger partial charge in [0.05, 0.1) is 17.9 Å². The van der Waals surface area contributed by atoms with Crippen LogP contribution in [0.2, 0.25) is 0 Å². The molecular weight excluding hydrogens is 397 g/mol. The number of hydrogen-bond acceptors (Lipinski definition) is 6. The van der Waals surface area contributed by atoms with Crippen molar-refractivity contribution in [2.45, 2.75) is 45.8 Å². The number of amides is 1. The van der Waals surface area contributed by atoms with Gasteiger partial charge in [0, 0.05) is 25.4 Å². The second-order valence-electron chi connectivity index (χ2n) is 7.77. The molecule has 0 bridgehead atoms. The fraction of sp³-hybridized carbons (Fsp3) is 0.364. The number of hydrogen-bond donors (Lipinski definition) is 2. The Labute approximate surface area is 180 Å². The SMILES string of the molecule is CC[C@H]1C(=O)Nc2c(C)nc(NCc3cnn([C@H](C)c4ccc(F)cc4)c3)nc2N1C. The minimum atomic E-state index is -0.253. The first kappa shape index (κ1) is 20.8. The summed E-state index contributed by atoms with van der Waals surface area (Å²) in [6.45, 7) is 6.35. The Morgan fingerprint density at radius 1 is 1.26 bits per heavy atom. The molecule has 0 fully saturated rings. The van der Waals surface area contributed by atoms with E-state index in [9.17, 15) is 9.18 Å². The van der Waals surface area contributed by atoms with Crippen molar-refractivity contribution in [1.29, 1.82) is 0 Å². The third-order valence-electron chi connectivity index (χ3n) is 5.66. The number of anilines is 3. The monoisotopic (exact) mass is 423 g/mol. The molecule has 1 aromatic carbocycles. The van der Waals surface area contributed by atoms with Crippen LogP contribution in [0, 0.1) is 12.7 Å². The van der Waals surface area contributed by atoms with E-state index < -0.39 is 0 Å². The molecule has 8 nitrogen and oxygen atoms in total. The van der Waals surface area contributed by atoms with E-state index in [1.807, 2.05) is 43.6 Å². The number of halogens is 1. The van der Waals surface area contributed by atoms with Gasteiger partial charge in [0.1, 0.15) is 17.5 Å². The van der Waals surface area contributed by atoms with Gasteiger partial charge in [-0.05, 0) is 38.0 Å². The van der Waals surface area contributed by atoms with Gasteiger partial charge < -0.3 is 15.5 Å². The Hall–Kier alpha value is -3.49. The summed E-state index contributed by atoms with van der Waals surface area (Å²) in [5.74, 6) is 0.917. The molecule has 9 heteroatoms. The molecule has 2 N–H and O–H groups in total. The van der Waals surface area contributed by atoms with Gasteiger partial charge in [-0.25, -0.2) is 9.37 Å². The Morgan fingerprint density at radius 2 is 2.00 bits per heavy atom. The summed E-state index contributed by atoms with van der Waals surface area (Å²) in [6.07, 6.45) is 4.43. The second kappa shape index (κ2) is 8.33. The number of carbonyl (C=O) groups is 1. The first-order valence-electron chi connectivity index (χ1n) is 10.3. The summed E-state index contributed by atoms with van der Waals surface area (Å²) in [4.78, 5) is 23.3. The predicted octanol–water partition coefficient (Wildman–Crippen LogP) is 3.51. The fourth-order valence-corrected chi connectivity index (χ4v) is 3.78. The summed E-state index contributed by atoms with van der Waals surface area (Å²) in [6, 6.07) is 6.18. The first-order chi connectivity index (χ1) is 14.9. The van der Waals surface area contributed by atoms with Crippen LogP contribution in [0.25, 0.3) is 0 Å². The molecule has 3 heterocycles.